The van der Waals surface area contributed by atoms with Crippen LogP contribution in [0.15, 0.2) is 71.7 Å². The number of allylic oxidation sites excluding steroid dienone is 1. The molecule has 4 heterocycles. The average molecular weight is 635 g/mol. The number of benzene rings is 1. The van der Waals surface area contributed by atoms with Gasteiger partial charge in [0.05, 0.1) is 32.4 Å². The minimum absolute atomic E-state index is 0.168. The number of ether oxygens (including phenoxy) is 1. The monoisotopic (exact) mass is 633 g/mol. The average Bonchev–Trinajstić information content (AvgIpc) is 3.62. The van der Waals surface area contributed by atoms with Crippen molar-refractivity contribution in [3.05, 3.63) is 103 Å². The molecule has 1 aliphatic rings. The van der Waals surface area contributed by atoms with E-state index < -0.39 is 16.9 Å². The van der Waals surface area contributed by atoms with Crippen LogP contribution in [0.4, 0.5) is 5.69 Å². The summed E-state index contributed by atoms with van der Waals surface area (Å²) in [7, 11) is 0. The van der Waals surface area contributed by atoms with Crippen LogP contribution in [0.1, 0.15) is 30.5 Å². The summed E-state index contributed by atoms with van der Waals surface area (Å²) < 4.78 is 13.2. The Balaban J connectivity index is 1.60. The second-order valence-corrected chi connectivity index (χ2v) is 11.3. The lowest BCUT2D eigenvalue weighted by Crippen LogP contribution is -2.39. The number of carbonyl (C=O) groups is 1. The highest BCUT2D eigenvalue weighted by atomic mass is 79.9. The Morgan fingerprint density at radius 3 is 2.84 bits per heavy atom. The van der Waals surface area contributed by atoms with Gasteiger partial charge >= 0.3 is 5.97 Å². The Morgan fingerprint density at radius 1 is 1.37 bits per heavy atom. The fraction of sp³-hybridized carbons (Fsp3) is 0.160. The Bertz CT molecular complexity index is 1800. The molecule has 0 fully saturated rings. The summed E-state index contributed by atoms with van der Waals surface area (Å²) in [5, 5.41) is 13.4. The molecule has 13 heteroatoms. The number of fused-ring (bicyclic) bond motifs is 1. The molecule has 0 aliphatic carbocycles. The van der Waals surface area contributed by atoms with Crippen LogP contribution < -0.4 is 14.9 Å². The number of halogens is 2. The number of hydrogen-bond donors (Lipinski definition) is 0. The molecule has 38 heavy (non-hydrogen) atoms. The minimum atomic E-state index is -0.662. The lowest BCUT2D eigenvalue weighted by molar-refractivity contribution is -0.385. The Morgan fingerprint density at radius 2 is 2.16 bits per heavy atom. The molecule has 0 bridgehead atoms. The number of carbonyl (C=O) groups excluding carboxylic acids is 1. The summed E-state index contributed by atoms with van der Waals surface area (Å²) in [6.45, 7) is 3.65. The van der Waals surface area contributed by atoms with Crippen LogP contribution >= 0.6 is 50.2 Å². The predicted molar refractivity (Wildman–Crippen MR) is 148 cm³/mol. The highest BCUT2D eigenvalue weighted by Gasteiger charge is 2.34. The number of esters is 1. The predicted octanol–water partition coefficient (Wildman–Crippen LogP) is 5.44. The lowest BCUT2D eigenvalue weighted by Gasteiger charge is -2.23. The van der Waals surface area contributed by atoms with Crippen LogP contribution in [-0.4, -0.2) is 22.1 Å². The molecule has 0 saturated heterocycles. The number of nitro benzene ring substituents is 1. The molecule has 1 aliphatic heterocycles. The number of rotatable bonds is 6. The van der Waals surface area contributed by atoms with Crippen LogP contribution in [0.5, 0.6) is 0 Å². The zero-order chi connectivity index (χ0) is 27.1. The van der Waals surface area contributed by atoms with E-state index in [0.717, 1.165) is 4.88 Å². The Hall–Kier alpha value is -3.32. The second-order valence-electron chi connectivity index (χ2n) is 8.07. The number of nitrogens with zero attached hydrogens (tertiary/aromatic N) is 3. The summed E-state index contributed by atoms with van der Waals surface area (Å²) in [4.78, 5) is 43.1. The van der Waals surface area contributed by atoms with Crippen LogP contribution in [-0.2, 0) is 9.53 Å². The molecule has 1 atom stereocenters. The molecule has 0 N–H and O–H groups in total. The number of nitro groups is 1. The van der Waals surface area contributed by atoms with Gasteiger partial charge in [0.15, 0.2) is 4.80 Å². The molecule has 9 nitrogen and oxygen atoms in total. The Kier molecular flexibility index (Phi) is 7.23. The molecule has 0 amide bonds. The van der Waals surface area contributed by atoms with Gasteiger partial charge in [-0.2, -0.15) is 0 Å². The third-order valence-corrected chi connectivity index (χ3v) is 8.99. The molecule has 1 aromatic carbocycles. The van der Waals surface area contributed by atoms with E-state index in [2.05, 4.69) is 20.9 Å². The zero-order valence-corrected chi connectivity index (χ0v) is 23.7. The third-order valence-electron chi connectivity index (χ3n) is 5.72. The number of aromatic nitrogens is 1. The van der Waals surface area contributed by atoms with Gasteiger partial charge in [0.25, 0.3) is 11.2 Å². The highest BCUT2D eigenvalue weighted by Crippen LogP contribution is 2.37. The van der Waals surface area contributed by atoms with Gasteiger partial charge in [0.2, 0.25) is 0 Å². The van der Waals surface area contributed by atoms with Gasteiger partial charge in [-0.15, -0.1) is 11.3 Å². The highest BCUT2D eigenvalue weighted by molar-refractivity contribution is 9.10. The van der Waals surface area contributed by atoms with Gasteiger partial charge in [-0.05, 0) is 59.4 Å². The van der Waals surface area contributed by atoms with E-state index >= 15 is 0 Å². The molecule has 0 saturated carbocycles. The van der Waals surface area contributed by atoms with Crippen molar-refractivity contribution in [1.82, 2.24) is 4.57 Å². The van der Waals surface area contributed by atoms with Crippen molar-refractivity contribution in [2.45, 2.75) is 19.9 Å². The molecule has 194 valence electrons. The third kappa shape index (κ3) is 4.68. The van der Waals surface area contributed by atoms with Crippen LogP contribution in [0.2, 0.25) is 5.02 Å². The maximum atomic E-state index is 13.6. The van der Waals surface area contributed by atoms with Crippen molar-refractivity contribution in [3.8, 4) is 11.3 Å². The van der Waals surface area contributed by atoms with Crippen molar-refractivity contribution in [1.29, 1.82) is 0 Å². The molecule has 4 aromatic rings. The zero-order valence-electron chi connectivity index (χ0n) is 19.8. The van der Waals surface area contributed by atoms with Crippen LogP contribution in [0, 0.1) is 10.1 Å². The first-order valence-corrected chi connectivity index (χ1v) is 14.0. The normalized spacial score (nSPS) is 15.4. The van der Waals surface area contributed by atoms with Gasteiger partial charge in [-0.1, -0.05) is 29.0 Å². The number of hydrogen-bond acceptors (Lipinski definition) is 9. The standard InChI is InChI=1S/C25H17BrClN3O6S2/c1-3-35-24(32)20-12(2)28-25-29(22(20)18-5-4-8-37-18)23(31)19(38-25)11-14-6-7-17(36-14)13-9-15(27)21(26)16(10-13)30(33)34/h4-11,22H,3H2,1-2H3/b19-11-/t22-/m1/s1. The van der Waals surface area contributed by atoms with Gasteiger partial charge in [0.1, 0.15) is 22.0 Å². The van der Waals surface area contributed by atoms with E-state index in [1.165, 1.54) is 33.3 Å². The summed E-state index contributed by atoms with van der Waals surface area (Å²) in [6, 6.07) is 9.27. The second kappa shape index (κ2) is 10.4. The molecule has 0 radical (unpaired) electrons. The molecule has 0 spiro atoms. The van der Waals surface area contributed by atoms with Crippen molar-refractivity contribution in [2.24, 2.45) is 4.99 Å². The molecule has 5 rings (SSSR count). The number of thiazole rings is 1. The molecular weight excluding hydrogens is 618 g/mol. The SMILES string of the molecule is CCOC(=O)C1=C(C)N=c2s/c(=C\c3ccc(-c4cc(Cl)c(Br)c([N+](=O)[O-])c4)o3)c(=O)n2[C@@H]1c1cccs1. The van der Waals surface area contributed by atoms with Crippen molar-refractivity contribution in [3.63, 3.8) is 0 Å². The molecular formula is C25H17BrClN3O6S2. The van der Waals surface area contributed by atoms with Crippen molar-refractivity contribution >= 4 is 67.9 Å². The van der Waals surface area contributed by atoms with E-state index in [1.807, 2.05) is 17.5 Å². The van der Waals surface area contributed by atoms with E-state index in [9.17, 15) is 19.7 Å². The Labute approximate surface area is 236 Å². The van der Waals surface area contributed by atoms with E-state index in [4.69, 9.17) is 20.8 Å². The minimum Gasteiger partial charge on any atom is -0.463 e. The summed E-state index contributed by atoms with van der Waals surface area (Å²) in [5.41, 5.74) is 0.700. The van der Waals surface area contributed by atoms with E-state index in [0.29, 0.717) is 37.7 Å². The number of furan rings is 1. The first-order chi connectivity index (χ1) is 18.2. The van der Waals surface area contributed by atoms with Gasteiger partial charge in [0, 0.05) is 22.6 Å². The van der Waals surface area contributed by atoms with Gasteiger partial charge in [-0.3, -0.25) is 19.5 Å². The van der Waals surface area contributed by atoms with Crippen molar-refractivity contribution < 1.29 is 18.9 Å². The fourth-order valence-corrected chi connectivity index (χ4v) is 6.51. The van der Waals surface area contributed by atoms with E-state index in [1.54, 1.807) is 38.1 Å². The largest absolute Gasteiger partial charge is 0.463 e. The van der Waals surface area contributed by atoms with E-state index in [-0.39, 0.29) is 27.3 Å². The topological polar surface area (TPSA) is 117 Å². The molecule has 0 unspecified atom stereocenters. The van der Waals surface area contributed by atoms with Crippen molar-refractivity contribution in [2.75, 3.05) is 6.61 Å². The fourth-order valence-electron chi connectivity index (χ4n) is 4.07. The summed E-state index contributed by atoms with van der Waals surface area (Å²) in [6.07, 6.45) is 1.58. The van der Waals surface area contributed by atoms with Gasteiger partial charge in [-0.25, -0.2) is 9.79 Å². The molecule has 3 aromatic heterocycles. The maximum Gasteiger partial charge on any atom is 0.338 e. The quantitative estimate of drug-likeness (QED) is 0.158. The summed E-state index contributed by atoms with van der Waals surface area (Å²) >= 11 is 11.9. The maximum absolute atomic E-state index is 13.6. The first kappa shape index (κ1) is 26.3. The van der Waals surface area contributed by atoms with Gasteiger partial charge < -0.3 is 9.15 Å². The smallest absolute Gasteiger partial charge is 0.338 e. The van der Waals surface area contributed by atoms with Crippen LogP contribution in [0.3, 0.4) is 0 Å². The lowest BCUT2D eigenvalue weighted by atomic mass is 10.0. The first-order valence-electron chi connectivity index (χ1n) is 11.2. The van der Waals surface area contributed by atoms with Crippen LogP contribution in [0.25, 0.3) is 17.4 Å². The summed E-state index contributed by atoms with van der Waals surface area (Å²) in [5.74, 6) is 0.193. The number of thiophene rings is 1.